The van der Waals surface area contributed by atoms with E-state index >= 15 is 0 Å². The highest BCUT2D eigenvalue weighted by Crippen LogP contribution is 2.22. The van der Waals surface area contributed by atoms with Gasteiger partial charge in [0.25, 0.3) is 0 Å². The van der Waals surface area contributed by atoms with Crippen molar-refractivity contribution in [3.05, 3.63) is 42.1 Å². The number of ether oxygens (including phenoxy) is 1. The zero-order valence-electron chi connectivity index (χ0n) is 11.1. The molecule has 6 nitrogen and oxygen atoms in total. The SMILES string of the molecule is CCNc1nc(OCc2ccccc2)c2cn[nH]c2n1. The third-order valence-corrected chi connectivity index (χ3v) is 2.83. The largest absolute Gasteiger partial charge is 0.472 e. The van der Waals surface area contributed by atoms with Crippen molar-refractivity contribution in [1.82, 2.24) is 20.2 Å². The molecular weight excluding hydrogens is 254 g/mol. The third-order valence-electron chi connectivity index (χ3n) is 2.83. The molecule has 0 amide bonds. The monoisotopic (exact) mass is 269 g/mol. The third kappa shape index (κ3) is 2.54. The number of aromatic amines is 1. The van der Waals surface area contributed by atoms with E-state index in [1.807, 2.05) is 37.3 Å². The van der Waals surface area contributed by atoms with Gasteiger partial charge in [-0.25, -0.2) is 0 Å². The highest BCUT2D eigenvalue weighted by molar-refractivity contribution is 5.80. The van der Waals surface area contributed by atoms with Crippen LogP contribution in [0.5, 0.6) is 5.88 Å². The Morgan fingerprint density at radius 1 is 1.20 bits per heavy atom. The topological polar surface area (TPSA) is 75.7 Å². The van der Waals surface area contributed by atoms with Crippen molar-refractivity contribution in [2.24, 2.45) is 0 Å². The first kappa shape index (κ1) is 12.4. The first-order valence-corrected chi connectivity index (χ1v) is 6.48. The van der Waals surface area contributed by atoms with Crippen LogP contribution in [0.15, 0.2) is 36.5 Å². The van der Waals surface area contributed by atoms with Gasteiger partial charge in [0.15, 0.2) is 5.65 Å². The van der Waals surface area contributed by atoms with Crippen LogP contribution in [0.4, 0.5) is 5.95 Å². The van der Waals surface area contributed by atoms with E-state index in [1.54, 1.807) is 6.20 Å². The predicted octanol–water partition coefficient (Wildman–Crippen LogP) is 2.36. The maximum absolute atomic E-state index is 5.80. The average Bonchev–Trinajstić information content (AvgIpc) is 2.95. The molecule has 0 unspecified atom stereocenters. The predicted molar refractivity (Wildman–Crippen MR) is 76.6 cm³/mol. The normalized spacial score (nSPS) is 10.7. The maximum atomic E-state index is 5.80. The van der Waals surface area contributed by atoms with Crippen LogP contribution < -0.4 is 10.1 Å². The van der Waals surface area contributed by atoms with Crippen LogP contribution in [0.25, 0.3) is 11.0 Å². The first-order chi connectivity index (χ1) is 9.86. The van der Waals surface area contributed by atoms with E-state index in [4.69, 9.17) is 4.74 Å². The van der Waals surface area contributed by atoms with E-state index in [-0.39, 0.29) is 0 Å². The Labute approximate surface area is 116 Å². The van der Waals surface area contributed by atoms with Crippen LogP contribution in [0.2, 0.25) is 0 Å². The highest BCUT2D eigenvalue weighted by atomic mass is 16.5. The fraction of sp³-hybridized carbons (Fsp3) is 0.214. The molecule has 0 atom stereocenters. The van der Waals surface area contributed by atoms with Gasteiger partial charge < -0.3 is 10.1 Å². The number of H-pyrrole nitrogens is 1. The summed E-state index contributed by atoms with van der Waals surface area (Å²) in [6.45, 7) is 3.20. The molecule has 0 saturated heterocycles. The number of anilines is 1. The van der Waals surface area contributed by atoms with Gasteiger partial charge in [-0.05, 0) is 12.5 Å². The molecule has 1 aromatic carbocycles. The molecule has 0 aliphatic carbocycles. The summed E-state index contributed by atoms with van der Waals surface area (Å²) in [6, 6.07) is 9.97. The molecule has 0 bridgehead atoms. The molecule has 0 saturated carbocycles. The van der Waals surface area contributed by atoms with E-state index in [0.717, 1.165) is 17.5 Å². The smallest absolute Gasteiger partial charge is 0.229 e. The lowest BCUT2D eigenvalue weighted by molar-refractivity contribution is 0.298. The fourth-order valence-electron chi connectivity index (χ4n) is 1.88. The van der Waals surface area contributed by atoms with Crippen LogP contribution >= 0.6 is 0 Å². The number of rotatable bonds is 5. The van der Waals surface area contributed by atoms with Gasteiger partial charge in [0.2, 0.25) is 11.8 Å². The van der Waals surface area contributed by atoms with Crippen molar-refractivity contribution in [2.45, 2.75) is 13.5 Å². The highest BCUT2D eigenvalue weighted by Gasteiger charge is 2.10. The zero-order valence-corrected chi connectivity index (χ0v) is 11.1. The molecule has 2 N–H and O–H groups in total. The van der Waals surface area contributed by atoms with Crippen LogP contribution in [0.3, 0.4) is 0 Å². The summed E-state index contributed by atoms with van der Waals surface area (Å²) in [5, 5.41) is 10.7. The Bertz CT molecular complexity index is 695. The van der Waals surface area contributed by atoms with E-state index < -0.39 is 0 Å². The number of aromatic nitrogens is 4. The second-order valence-corrected chi connectivity index (χ2v) is 4.29. The Balaban J connectivity index is 1.87. The minimum atomic E-state index is 0.462. The van der Waals surface area contributed by atoms with Crippen molar-refractivity contribution in [3.63, 3.8) is 0 Å². The minimum Gasteiger partial charge on any atom is -0.472 e. The molecular formula is C14H15N5O. The summed E-state index contributed by atoms with van der Waals surface area (Å²) in [4.78, 5) is 8.69. The second-order valence-electron chi connectivity index (χ2n) is 4.29. The standard InChI is InChI=1S/C14H15N5O/c1-2-15-14-17-12-11(8-16-19-12)13(18-14)20-9-10-6-4-3-5-7-10/h3-8H,2,9H2,1H3,(H2,15,16,17,18,19). The molecule has 2 aromatic heterocycles. The first-order valence-electron chi connectivity index (χ1n) is 6.48. The molecule has 3 rings (SSSR count). The molecule has 6 heteroatoms. The number of hydrogen-bond acceptors (Lipinski definition) is 5. The minimum absolute atomic E-state index is 0.462. The lowest BCUT2D eigenvalue weighted by Crippen LogP contribution is -2.05. The van der Waals surface area contributed by atoms with Crippen LogP contribution in [0, 0.1) is 0 Å². The Hall–Kier alpha value is -2.63. The maximum Gasteiger partial charge on any atom is 0.229 e. The zero-order chi connectivity index (χ0) is 13.8. The van der Waals surface area contributed by atoms with E-state index in [0.29, 0.717) is 24.1 Å². The lowest BCUT2D eigenvalue weighted by atomic mass is 10.2. The summed E-state index contributed by atoms with van der Waals surface area (Å²) in [5.74, 6) is 1.07. The molecule has 3 aromatic rings. The second kappa shape index (κ2) is 5.56. The number of hydrogen-bond donors (Lipinski definition) is 2. The van der Waals surface area contributed by atoms with Gasteiger partial charge in [-0.3, -0.25) is 5.10 Å². The van der Waals surface area contributed by atoms with E-state index in [9.17, 15) is 0 Å². The molecule has 0 fully saturated rings. The summed E-state index contributed by atoms with van der Waals surface area (Å²) in [5.41, 5.74) is 1.76. The number of nitrogens with one attached hydrogen (secondary N) is 2. The molecule has 2 heterocycles. The summed E-state index contributed by atoms with van der Waals surface area (Å²) in [6.07, 6.45) is 1.67. The molecule has 20 heavy (non-hydrogen) atoms. The van der Waals surface area contributed by atoms with Crippen molar-refractivity contribution in [3.8, 4) is 5.88 Å². The Morgan fingerprint density at radius 3 is 2.85 bits per heavy atom. The van der Waals surface area contributed by atoms with Crippen molar-refractivity contribution >= 4 is 17.0 Å². The summed E-state index contributed by atoms with van der Waals surface area (Å²) < 4.78 is 5.80. The molecule has 0 aliphatic heterocycles. The van der Waals surface area contributed by atoms with Crippen molar-refractivity contribution < 1.29 is 4.74 Å². The van der Waals surface area contributed by atoms with E-state index in [2.05, 4.69) is 25.5 Å². The molecule has 0 spiro atoms. The lowest BCUT2D eigenvalue weighted by Gasteiger charge is -2.08. The number of nitrogens with zero attached hydrogens (tertiary/aromatic N) is 3. The summed E-state index contributed by atoms with van der Waals surface area (Å²) in [7, 11) is 0. The average molecular weight is 269 g/mol. The number of benzene rings is 1. The van der Waals surface area contributed by atoms with Crippen LogP contribution in [-0.2, 0) is 6.61 Å². The van der Waals surface area contributed by atoms with Gasteiger partial charge in [0, 0.05) is 6.54 Å². The van der Waals surface area contributed by atoms with Gasteiger partial charge in [0.1, 0.15) is 12.0 Å². The van der Waals surface area contributed by atoms with Gasteiger partial charge in [-0.2, -0.15) is 15.1 Å². The number of fused-ring (bicyclic) bond motifs is 1. The molecule has 0 aliphatic rings. The van der Waals surface area contributed by atoms with Crippen LogP contribution in [0.1, 0.15) is 12.5 Å². The molecule has 102 valence electrons. The molecule has 0 radical (unpaired) electrons. The van der Waals surface area contributed by atoms with Gasteiger partial charge in [0.05, 0.1) is 6.20 Å². The van der Waals surface area contributed by atoms with Crippen LogP contribution in [-0.4, -0.2) is 26.7 Å². The Kier molecular flexibility index (Phi) is 3.45. The Morgan fingerprint density at radius 2 is 2.05 bits per heavy atom. The summed E-state index contributed by atoms with van der Waals surface area (Å²) >= 11 is 0. The fourth-order valence-corrected chi connectivity index (χ4v) is 1.88. The van der Waals surface area contributed by atoms with Gasteiger partial charge in [-0.1, -0.05) is 30.3 Å². The van der Waals surface area contributed by atoms with E-state index in [1.165, 1.54) is 0 Å². The van der Waals surface area contributed by atoms with Crippen molar-refractivity contribution in [1.29, 1.82) is 0 Å². The van der Waals surface area contributed by atoms with Crippen molar-refractivity contribution in [2.75, 3.05) is 11.9 Å². The quantitative estimate of drug-likeness (QED) is 0.743. The van der Waals surface area contributed by atoms with Gasteiger partial charge in [-0.15, -0.1) is 0 Å². The van der Waals surface area contributed by atoms with Gasteiger partial charge >= 0.3 is 0 Å².